The van der Waals surface area contributed by atoms with E-state index in [0.29, 0.717) is 37.7 Å². The van der Waals surface area contributed by atoms with Crippen molar-refractivity contribution in [1.29, 1.82) is 0 Å². The number of alkyl halides is 3. The van der Waals surface area contributed by atoms with E-state index in [4.69, 9.17) is 11.6 Å². The van der Waals surface area contributed by atoms with Gasteiger partial charge in [-0.05, 0) is 67.3 Å². The molecule has 0 radical (unpaired) electrons. The van der Waals surface area contributed by atoms with Crippen LogP contribution in [-0.4, -0.2) is 43.7 Å². The van der Waals surface area contributed by atoms with Gasteiger partial charge in [-0.1, -0.05) is 11.6 Å². The van der Waals surface area contributed by atoms with Crippen molar-refractivity contribution in [1.82, 2.24) is 4.90 Å². The van der Waals surface area contributed by atoms with Crippen molar-refractivity contribution in [2.45, 2.75) is 25.4 Å². The minimum Gasteiger partial charge on any atom is -0.368 e. The number of carbonyl (C=O) groups is 1. The van der Waals surface area contributed by atoms with E-state index >= 15 is 0 Å². The lowest BCUT2D eigenvalue weighted by molar-refractivity contribution is -0.137. The van der Waals surface area contributed by atoms with Crippen molar-refractivity contribution >= 4 is 29.0 Å². The molecule has 2 aromatic rings. The molecule has 1 saturated heterocycles. The summed E-state index contributed by atoms with van der Waals surface area (Å²) in [6, 6.07) is 10.8. The lowest BCUT2D eigenvalue weighted by Gasteiger charge is -2.38. The Labute approximate surface area is 178 Å². The summed E-state index contributed by atoms with van der Waals surface area (Å²) in [6.45, 7) is 2.89. The fourth-order valence-electron chi connectivity index (χ4n) is 4.11. The van der Waals surface area contributed by atoms with E-state index in [9.17, 15) is 18.0 Å². The number of anilines is 2. The highest BCUT2D eigenvalue weighted by atomic mass is 35.5. The molecule has 30 heavy (non-hydrogen) atoms. The number of fused-ring (bicyclic) bond motifs is 1. The Hall–Kier alpha value is -2.41. The highest BCUT2D eigenvalue weighted by Gasteiger charge is 2.31. The Kier molecular flexibility index (Phi) is 5.82. The Morgan fingerprint density at radius 2 is 1.60 bits per heavy atom. The molecule has 4 nitrogen and oxygen atoms in total. The van der Waals surface area contributed by atoms with Gasteiger partial charge in [0.2, 0.25) is 0 Å². The Morgan fingerprint density at radius 3 is 2.27 bits per heavy atom. The van der Waals surface area contributed by atoms with Crippen LogP contribution >= 0.6 is 11.6 Å². The number of benzene rings is 2. The number of aryl methyl sites for hydroxylation is 1. The van der Waals surface area contributed by atoms with Crippen LogP contribution in [0.5, 0.6) is 0 Å². The van der Waals surface area contributed by atoms with Crippen LogP contribution in [0.1, 0.15) is 24.0 Å². The Morgan fingerprint density at radius 1 is 0.900 bits per heavy atom. The highest BCUT2D eigenvalue weighted by molar-refractivity contribution is 6.30. The summed E-state index contributed by atoms with van der Waals surface area (Å²) < 4.78 is 38.3. The van der Waals surface area contributed by atoms with Crippen LogP contribution in [0.4, 0.5) is 29.3 Å². The molecule has 2 aliphatic rings. The van der Waals surface area contributed by atoms with Gasteiger partial charge in [0.15, 0.2) is 0 Å². The van der Waals surface area contributed by atoms with Crippen LogP contribution in [0.25, 0.3) is 0 Å². The number of nitrogens with zero attached hydrogens (tertiary/aromatic N) is 3. The molecule has 0 atom stereocenters. The van der Waals surface area contributed by atoms with Gasteiger partial charge in [0.05, 0.1) is 5.56 Å². The predicted octanol–water partition coefficient (Wildman–Crippen LogP) is 5.44. The summed E-state index contributed by atoms with van der Waals surface area (Å²) in [4.78, 5) is 18.9. The summed E-state index contributed by atoms with van der Waals surface area (Å²) in [5.41, 5.74) is 2.11. The van der Waals surface area contributed by atoms with Crippen molar-refractivity contribution in [2.24, 2.45) is 0 Å². The van der Waals surface area contributed by atoms with E-state index in [2.05, 4.69) is 0 Å². The number of urea groups is 1. The number of halogens is 4. The zero-order chi connectivity index (χ0) is 21.3. The van der Waals surface area contributed by atoms with Gasteiger partial charge in [0.25, 0.3) is 0 Å². The number of piperazine rings is 1. The van der Waals surface area contributed by atoms with Crippen LogP contribution in [0.2, 0.25) is 5.02 Å². The molecule has 2 aliphatic heterocycles. The standard InChI is InChI=1S/C22H23ClF3N3O/c23-18-6-9-20-16(15-18)3-1-2-10-29(20)21(30)28-13-11-27(12-14-28)19-7-4-17(5-8-19)22(24,25)26/h4-9,15H,1-3,10-14H2. The van der Waals surface area contributed by atoms with Crippen LogP contribution in [0.3, 0.4) is 0 Å². The van der Waals surface area contributed by atoms with Gasteiger partial charge in [-0.2, -0.15) is 13.2 Å². The third-order valence-corrected chi connectivity index (χ3v) is 5.99. The Balaban J connectivity index is 1.42. The first kappa shape index (κ1) is 20.8. The second-order valence-electron chi connectivity index (χ2n) is 7.68. The molecule has 0 saturated carbocycles. The average molecular weight is 438 g/mol. The quantitative estimate of drug-likeness (QED) is 0.593. The molecule has 160 valence electrons. The fraction of sp³-hybridized carbons (Fsp3) is 0.409. The number of rotatable bonds is 1. The number of carbonyl (C=O) groups excluding carboxylic acids is 1. The van der Waals surface area contributed by atoms with E-state index in [1.54, 1.807) is 0 Å². The van der Waals surface area contributed by atoms with Gasteiger partial charge >= 0.3 is 12.2 Å². The summed E-state index contributed by atoms with van der Waals surface area (Å²) in [5.74, 6) is 0. The maximum atomic E-state index is 13.2. The van der Waals surface area contributed by atoms with E-state index in [1.807, 2.05) is 32.9 Å². The topological polar surface area (TPSA) is 26.8 Å². The monoisotopic (exact) mass is 437 g/mol. The fourth-order valence-corrected chi connectivity index (χ4v) is 4.30. The van der Waals surface area contributed by atoms with Crippen molar-refractivity contribution < 1.29 is 18.0 Å². The lowest BCUT2D eigenvalue weighted by atomic mass is 10.1. The van der Waals surface area contributed by atoms with Crippen LogP contribution in [-0.2, 0) is 12.6 Å². The summed E-state index contributed by atoms with van der Waals surface area (Å²) in [5, 5.41) is 0.674. The maximum Gasteiger partial charge on any atom is 0.416 e. The van der Waals surface area contributed by atoms with Crippen molar-refractivity contribution in [2.75, 3.05) is 42.5 Å². The molecule has 0 unspecified atom stereocenters. The van der Waals surface area contributed by atoms with Gasteiger partial charge in [0.1, 0.15) is 0 Å². The van der Waals surface area contributed by atoms with Gasteiger partial charge in [-0.3, -0.25) is 4.90 Å². The maximum absolute atomic E-state index is 13.2. The van der Waals surface area contributed by atoms with E-state index in [-0.39, 0.29) is 6.03 Å². The molecular formula is C22H23ClF3N3O. The zero-order valence-electron chi connectivity index (χ0n) is 16.5. The molecule has 2 aromatic carbocycles. The van der Waals surface area contributed by atoms with Gasteiger partial charge < -0.3 is 9.80 Å². The second-order valence-corrected chi connectivity index (χ2v) is 8.12. The molecule has 2 heterocycles. The van der Waals surface area contributed by atoms with Crippen molar-refractivity contribution in [3.63, 3.8) is 0 Å². The normalized spacial score (nSPS) is 17.5. The second kappa shape index (κ2) is 8.38. The molecule has 1 fully saturated rings. The molecule has 0 aliphatic carbocycles. The van der Waals surface area contributed by atoms with Crippen molar-refractivity contribution in [3.05, 3.63) is 58.6 Å². The molecule has 4 rings (SSSR count). The van der Waals surface area contributed by atoms with Gasteiger partial charge in [-0.25, -0.2) is 4.79 Å². The number of amides is 2. The van der Waals surface area contributed by atoms with E-state index in [1.165, 1.54) is 12.1 Å². The minimum absolute atomic E-state index is 0.0208. The summed E-state index contributed by atoms with van der Waals surface area (Å²) >= 11 is 6.13. The first-order chi connectivity index (χ1) is 14.3. The summed E-state index contributed by atoms with van der Waals surface area (Å²) in [6.07, 6.45) is -1.49. The van der Waals surface area contributed by atoms with Crippen LogP contribution in [0.15, 0.2) is 42.5 Å². The first-order valence-electron chi connectivity index (χ1n) is 10.1. The molecular weight excluding hydrogens is 415 g/mol. The average Bonchev–Trinajstić information content (AvgIpc) is 2.95. The van der Waals surface area contributed by atoms with E-state index < -0.39 is 11.7 Å². The molecule has 0 aromatic heterocycles. The molecule has 0 spiro atoms. The van der Waals surface area contributed by atoms with Crippen LogP contribution < -0.4 is 9.80 Å². The highest BCUT2D eigenvalue weighted by Crippen LogP contribution is 2.32. The number of hydrogen-bond acceptors (Lipinski definition) is 2. The molecule has 0 bridgehead atoms. The Bertz CT molecular complexity index is 909. The zero-order valence-corrected chi connectivity index (χ0v) is 17.2. The van der Waals surface area contributed by atoms with Gasteiger partial charge in [-0.15, -0.1) is 0 Å². The lowest BCUT2D eigenvalue weighted by Crippen LogP contribution is -2.53. The van der Waals surface area contributed by atoms with E-state index in [0.717, 1.165) is 48.3 Å². The third kappa shape index (κ3) is 4.36. The first-order valence-corrected chi connectivity index (χ1v) is 10.5. The minimum atomic E-state index is -4.34. The molecule has 0 N–H and O–H groups in total. The smallest absolute Gasteiger partial charge is 0.368 e. The van der Waals surface area contributed by atoms with Gasteiger partial charge in [0, 0.05) is 49.1 Å². The summed E-state index contributed by atoms with van der Waals surface area (Å²) in [7, 11) is 0. The SMILES string of the molecule is O=C(N1CCN(c2ccc(C(F)(F)F)cc2)CC1)N1CCCCc2cc(Cl)ccc21. The van der Waals surface area contributed by atoms with Crippen LogP contribution in [0, 0.1) is 0 Å². The largest absolute Gasteiger partial charge is 0.416 e. The van der Waals surface area contributed by atoms with Crippen molar-refractivity contribution in [3.8, 4) is 0 Å². The third-order valence-electron chi connectivity index (χ3n) is 5.75. The molecule has 2 amide bonds. The predicted molar refractivity (Wildman–Crippen MR) is 112 cm³/mol. The number of hydrogen-bond donors (Lipinski definition) is 0. The molecule has 8 heteroatoms.